The number of esters is 1. The van der Waals surface area contributed by atoms with Gasteiger partial charge in [-0.05, 0) is 18.8 Å². The molecule has 1 aromatic heterocycles. The Morgan fingerprint density at radius 1 is 1.59 bits per heavy atom. The summed E-state index contributed by atoms with van der Waals surface area (Å²) in [5.74, 6) is 0.933. The number of aromatic nitrogens is 2. The van der Waals surface area contributed by atoms with E-state index in [9.17, 15) is 4.79 Å². The first kappa shape index (κ1) is 11.8. The third-order valence-corrected chi connectivity index (χ3v) is 2.94. The Balaban J connectivity index is 1.96. The minimum atomic E-state index is -0.456. The summed E-state index contributed by atoms with van der Waals surface area (Å²) in [5.41, 5.74) is 0.241. The van der Waals surface area contributed by atoms with Gasteiger partial charge in [0.2, 0.25) is 0 Å². The summed E-state index contributed by atoms with van der Waals surface area (Å²) >= 11 is 0. The van der Waals surface area contributed by atoms with Gasteiger partial charge in [0.15, 0.2) is 5.69 Å². The zero-order valence-corrected chi connectivity index (χ0v) is 10.1. The maximum Gasteiger partial charge on any atom is 0.358 e. The van der Waals surface area contributed by atoms with Crippen molar-refractivity contribution in [3.05, 3.63) is 18.1 Å². The molecule has 1 N–H and O–H groups in total. The Bertz CT molecular complexity index is 408. The van der Waals surface area contributed by atoms with E-state index in [1.165, 1.54) is 32.6 Å². The molecule has 1 aliphatic carbocycles. The van der Waals surface area contributed by atoms with Gasteiger partial charge in [0.25, 0.3) is 0 Å². The molecule has 0 saturated heterocycles. The molecule has 2 rings (SSSR count). The van der Waals surface area contributed by atoms with Gasteiger partial charge in [-0.3, -0.25) is 4.98 Å². The molecule has 92 valence electrons. The minimum Gasteiger partial charge on any atom is -0.464 e. The second-order valence-corrected chi connectivity index (χ2v) is 4.32. The first-order valence-corrected chi connectivity index (χ1v) is 5.91. The Hall–Kier alpha value is -1.65. The lowest BCUT2D eigenvalue weighted by atomic mass is 10.2. The maximum absolute atomic E-state index is 11.3. The van der Waals surface area contributed by atoms with Gasteiger partial charge in [-0.2, -0.15) is 0 Å². The summed E-state index contributed by atoms with van der Waals surface area (Å²) in [5, 5.41) is 3.29. The molecule has 1 saturated carbocycles. The number of nitrogens with one attached hydrogen (secondary N) is 1. The van der Waals surface area contributed by atoms with E-state index in [0.29, 0.717) is 11.9 Å². The number of anilines is 1. The summed E-state index contributed by atoms with van der Waals surface area (Å²) in [7, 11) is 1.34. The van der Waals surface area contributed by atoms with Crippen molar-refractivity contribution in [2.24, 2.45) is 5.92 Å². The van der Waals surface area contributed by atoms with Crippen LogP contribution in [0.4, 0.5) is 5.82 Å². The zero-order chi connectivity index (χ0) is 12.3. The van der Waals surface area contributed by atoms with E-state index in [-0.39, 0.29) is 5.69 Å². The number of ether oxygens (including phenoxy) is 1. The number of rotatable bonds is 5. The van der Waals surface area contributed by atoms with Crippen molar-refractivity contribution in [1.82, 2.24) is 9.97 Å². The molecular formula is C12H17N3O2. The number of hydrogen-bond donors (Lipinski definition) is 1. The fraction of sp³-hybridized carbons (Fsp3) is 0.583. The van der Waals surface area contributed by atoms with Gasteiger partial charge < -0.3 is 10.1 Å². The molecule has 17 heavy (non-hydrogen) atoms. The average Bonchev–Trinajstić information content (AvgIpc) is 3.07. The van der Waals surface area contributed by atoms with Gasteiger partial charge in [0.05, 0.1) is 19.5 Å². The van der Waals surface area contributed by atoms with Crippen LogP contribution in [0.5, 0.6) is 0 Å². The number of carbonyl (C=O) groups is 1. The molecule has 1 heterocycles. The molecule has 2 unspecified atom stereocenters. The highest BCUT2D eigenvalue weighted by Crippen LogP contribution is 2.36. The minimum absolute atomic E-state index is 0.241. The molecule has 1 aliphatic rings. The molecule has 0 bridgehead atoms. The average molecular weight is 235 g/mol. The molecular weight excluding hydrogens is 218 g/mol. The van der Waals surface area contributed by atoms with Crippen LogP contribution >= 0.6 is 0 Å². The van der Waals surface area contributed by atoms with Crippen LogP contribution in [0.3, 0.4) is 0 Å². The second-order valence-electron chi connectivity index (χ2n) is 4.32. The highest BCUT2D eigenvalue weighted by atomic mass is 16.5. The van der Waals surface area contributed by atoms with Crippen molar-refractivity contribution in [3.63, 3.8) is 0 Å². The molecule has 0 spiro atoms. The van der Waals surface area contributed by atoms with Gasteiger partial charge in [-0.25, -0.2) is 9.78 Å². The standard InChI is InChI=1S/C12H17N3O2/c1-3-4-8-5-9(8)14-11-7-13-6-10(15-11)12(16)17-2/h6-9H,3-5H2,1-2H3,(H,14,15). The molecule has 1 fully saturated rings. The number of methoxy groups -OCH3 is 1. The van der Waals surface area contributed by atoms with Crippen LogP contribution < -0.4 is 5.32 Å². The molecule has 0 aromatic carbocycles. The Morgan fingerprint density at radius 2 is 2.41 bits per heavy atom. The summed E-state index contributed by atoms with van der Waals surface area (Å²) in [6.07, 6.45) is 6.66. The fourth-order valence-electron chi connectivity index (χ4n) is 1.94. The summed E-state index contributed by atoms with van der Waals surface area (Å²) in [6, 6.07) is 0.483. The van der Waals surface area contributed by atoms with Crippen LogP contribution in [-0.4, -0.2) is 29.1 Å². The first-order chi connectivity index (χ1) is 8.24. The van der Waals surface area contributed by atoms with E-state index in [1.54, 1.807) is 6.20 Å². The van der Waals surface area contributed by atoms with Crippen LogP contribution in [0.2, 0.25) is 0 Å². The summed E-state index contributed by atoms with van der Waals surface area (Å²) in [6.45, 7) is 2.19. The van der Waals surface area contributed by atoms with Gasteiger partial charge in [0.1, 0.15) is 5.82 Å². The molecule has 5 heteroatoms. The zero-order valence-electron chi connectivity index (χ0n) is 10.1. The predicted molar refractivity (Wildman–Crippen MR) is 63.8 cm³/mol. The quantitative estimate of drug-likeness (QED) is 0.789. The highest BCUT2D eigenvalue weighted by Gasteiger charge is 2.36. The SMILES string of the molecule is CCCC1CC1Nc1cncc(C(=O)OC)n1. The van der Waals surface area contributed by atoms with E-state index in [1.807, 2.05) is 0 Å². The first-order valence-electron chi connectivity index (χ1n) is 5.91. The number of hydrogen-bond acceptors (Lipinski definition) is 5. The number of carbonyl (C=O) groups excluding carboxylic acids is 1. The van der Waals surface area contributed by atoms with Crippen LogP contribution in [0.15, 0.2) is 12.4 Å². The summed E-state index contributed by atoms with van der Waals surface area (Å²) in [4.78, 5) is 19.4. The monoisotopic (exact) mass is 235 g/mol. The van der Waals surface area contributed by atoms with Gasteiger partial charge in [-0.15, -0.1) is 0 Å². The van der Waals surface area contributed by atoms with Gasteiger partial charge in [0, 0.05) is 6.04 Å². The van der Waals surface area contributed by atoms with E-state index >= 15 is 0 Å². The molecule has 0 radical (unpaired) electrons. The van der Waals surface area contributed by atoms with E-state index < -0.39 is 5.97 Å². The molecule has 0 aliphatic heterocycles. The molecule has 2 atom stereocenters. The largest absolute Gasteiger partial charge is 0.464 e. The third kappa shape index (κ3) is 2.93. The normalized spacial score (nSPS) is 22.0. The lowest BCUT2D eigenvalue weighted by molar-refractivity contribution is 0.0593. The van der Waals surface area contributed by atoms with E-state index in [0.717, 1.165) is 5.92 Å². The predicted octanol–water partition coefficient (Wildman–Crippen LogP) is 1.86. The highest BCUT2D eigenvalue weighted by molar-refractivity contribution is 5.87. The van der Waals surface area contributed by atoms with E-state index in [2.05, 4.69) is 26.9 Å². The van der Waals surface area contributed by atoms with E-state index in [4.69, 9.17) is 0 Å². The van der Waals surface area contributed by atoms with Crippen LogP contribution in [0.1, 0.15) is 36.7 Å². The third-order valence-electron chi connectivity index (χ3n) is 2.94. The Labute approximate surface area is 101 Å². The number of nitrogens with zero attached hydrogens (tertiary/aromatic N) is 2. The molecule has 1 aromatic rings. The van der Waals surface area contributed by atoms with Gasteiger partial charge in [-0.1, -0.05) is 13.3 Å². The molecule has 5 nitrogen and oxygen atoms in total. The Kier molecular flexibility index (Phi) is 3.56. The fourth-order valence-corrected chi connectivity index (χ4v) is 1.94. The summed E-state index contributed by atoms with van der Waals surface area (Å²) < 4.78 is 4.60. The van der Waals surface area contributed by atoms with Crippen LogP contribution in [-0.2, 0) is 4.74 Å². The van der Waals surface area contributed by atoms with Crippen LogP contribution in [0.25, 0.3) is 0 Å². The topological polar surface area (TPSA) is 64.1 Å². The van der Waals surface area contributed by atoms with Crippen molar-refractivity contribution in [2.75, 3.05) is 12.4 Å². The lowest BCUT2D eigenvalue weighted by Crippen LogP contribution is -2.10. The van der Waals surface area contributed by atoms with Crippen molar-refractivity contribution in [3.8, 4) is 0 Å². The molecule has 0 amide bonds. The van der Waals surface area contributed by atoms with Crippen molar-refractivity contribution in [2.45, 2.75) is 32.2 Å². The van der Waals surface area contributed by atoms with Gasteiger partial charge >= 0.3 is 5.97 Å². The second kappa shape index (κ2) is 5.12. The smallest absolute Gasteiger partial charge is 0.358 e. The Morgan fingerprint density at radius 3 is 3.12 bits per heavy atom. The van der Waals surface area contributed by atoms with Crippen LogP contribution in [0, 0.1) is 5.92 Å². The lowest BCUT2D eigenvalue weighted by Gasteiger charge is -2.05. The van der Waals surface area contributed by atoms with Crippen molar-refractivity contribution < 1.29 is 9.53 Å². The van der Waals surface area contributed by atoms with Crippen molar-refractivity contribution >= 4 is 11.8 Å². The van der Waals surface area contributed by atoms with Crippen molar-refractivity contribution in [1.29, 1.82) is 0 Å². The maximum atomic E-state index is 11.3.